The summed E-state index contributed by atoms with van der Waals surface area (Å²) in [5, 5.41) is 3.54. The number of anilines is 2. The van der Waals surface area contributed by atoms with Crippen molar-refractivity contribution in [3.63, 3.8) is 0 Å². The molecule has 1 aliphatic rings. The first kappa shape index (κ1) is 15.1. The highest BCUT2D eigenvalue weighted by atomic mass is 16.5. The van der Waals surface area contributed by atoms with Crippen molar-refractivity contribution in [1.29, 1.82) is 0 Å². The molecule has 1 unspecified atom stereocenters. The molecule has 0 saturated carbocycles. The Morgan fingerprint density at radius 3 is 2.40 bits per heavy atom. The van der Waals surface area contributed by atoms with E-state index in [1.165, 1.54) is 5.69 Å². The van der Waals surface area contributed by atoms with E-state index in [1.54, 1.807) is 7.11 Å². The topological polar surface area (TPSA) is 33.7 Å². The fourth-order valence-corrected chi connectivity index (χ4v) is 2.38. The summed E-state index contributed by atoms with van der Waals surface area (Å²) < 4.78 is 10.7. The molecule has 1 atom stereocenters. The van der Waals surface area contributed by atoms with Gasteiger partial charge in [-0.25, -0.2) is 0 Å². The molecule has 20 heavy (non-hydrogen) atoms. The van der Waals surface area contributed by atoms with E-state index in [9.17, 15) is 0 Å². The molecule has 0 amide bonds. The number of nitrogens with zero attached hydrogens (tertiary/aromatic N) is 1. The molecule has 112 valence electrons. The van der Waals surface area contributed by atoms with Gasteiger partial charge in [0.15, 0.2) is 0 Å². The van der Waals surface area contributed by atoms with Crippen molar-refractivity contribution in [3.05, 3.63) is 24.3 Å². The van der Waals surface area contributed by atoms with Crippen molar-refractivity contribution in [2.24, 2.45) is 5.92 Å². The molecule has 0 radical (unpaired) electrons. The van der Waals surface area contributed by atoms with Crippen LogP contribution in [0.25, 0.3) is 0 Å². The van der Waals surface area contributed by atoms with Gasteiger partial charge in [-0.1, -0.05) is 13.8 Å². The number of benzene rings is 1. The van der Waals surface area contributed by atoms with E-state index in [4.69, 9.17) is 9.47 Å². The number of hydrogen-bond acceptors (Lipinski definition) is 4. The first-order valence-electron chi connectivity index (χ1n) is 7.39. The van der Waals surface area contributed by atoms with Gasteiger partial charge < -0.3 is 19.7 Å². The summed E-state index contributed by atoms with van der Waals surface area (Å²) in [4.78, 5) is 2.36. The van der Waals surface area contributed by atoms with Crippen LogP contribution < -0.4 is 10.2 Å². The maximum absolute atomic E-state index is 5.38. The first-order chi connectivity index (χ1) is 9.70. The summed E-state index contributed by atoms with van der Waals surface area (Å²) in [5.41, 5.74) is 2.42. The highest BCUT2D eigenvalue weighted by Crippen LogP contribution is 2.20. The molecule has 1 aromatic rings. The zero-order valence-electron chi connectivity index (χ0n) is 12.8. The fraction of sp³-hybridized carbons (Fsp3) is 0.625. The van der Waals surface area contributed by atoms with Crippen LogP contribution in [0.4, 0.5) is 11.4 Å². The van der Waals surface area contributed by atoms with Crippen LogP contribution in [0.2, 0.25) is 0 Å². The Labute approximate surface area is 122 Å². The Hall–Kier alpha value is -1.26. The van der Waals surface area contributed by atoms with Gasteiger partial charge in [0.2, 0.25) is 0 Å². The van der Waals surface area contributed by atoms with E-state index < -0.39 is 0 Å². The van der Waals surface area contributed by atoms with E-state index in [0.29, 0.717) is 12.0 Å². The highest BCUT2D eigenvalue weighted by Gasteiger charge is 2.14. The van der Waals surface area contributed by atoms with E-state index in [0.717, 1.165) is 38.6 Å². The maximum atomic E-state index is 5.38. The van der Waals surface area contributed by atoms with Crippen LogP contribution in [0.5, 0.6) is 0 Å². The summed E-state index contributed by atoms with van der Waals surface area (Å²) in [6, 6.07) is 9.00. The third-order valence-electron chi connectivity index (χ3n) is 3.75. The molecule has 1 N–H and O–H groups in total. The van der Waals surface area contributed by atoms with Gasteiger partial charge in [-0.2, -0.15) is 0 Å². The van der Waals surface area contributed by atoms with Gasteiger partial charge in [-0.3, -0.25) is 0 Å². The van der Waals surface area contributed by atoms with Gasteiger partial charge in [0.25, 0.3) is 0 Å². The molecule has 1 saturated heterocycles. The molecule has 2 rings (SSSR count). The highest BCUT2D eigenvalue weighted by molar-refractivity contribution is 5.55. The third-order valence-corrected chi connectivity index (χ3v) is 3.75. The third kappa shape index (κ3) is 4.12. The van der Waals surface area contributed by atoms with E-state index in [1.807, 2.05) is 0 Å². The van der Waals surface area contributed by atoms with Crippen molar-refractivity contribution in [1.82, 2.24) is 0 Å². The molecular formula is C16H26N2O2. The smallest absolute Gasteiger partial charge is 0.0666 e. The van der Waals surface area contributed by atoms with Crippen LogP contribution in [0.1, 0.15) is 13.8 Å². The molecular weight excluding hydrogens is 252 g/mol. The van der Waals surface area contributed by atoms with Crippen molar-refractivity contribution in [2.45, 2.75) is 19.9 Å². The standard InChI is InChI=1S/C16H26N2O2/c1-13(2)16(12-19-3)17-14-4-6-15(7-5-14)18-8-10-20-11-9-18/h4-7,13,16-17H,8-12H2,1-3H3. The minimum atomic E-state index is 0.342. The molecule has 0 spiro atoms. The number of morpholine rings is 1. The predicted molar refractivity (Wildman–Crippen MR) is 83.6 cm³/mol. The fourth-order valence-electron chi connectivity index (χ4n) is 2.38. The van der Waals surface area contributed by atoms with E-state index >= 15 is 0 Å². The van der Waals surface area contributed by atoms with Crippen LogP contribution in [0.3, 0.4) is 0 Å². The van der Waals surface area contributed by atoms with E-state index in [2.05, 4.69) is 48.3 Å². The van der Waals surface area contributed by atoms with E-state index in [-0.39, 0.29) is 0 Å². The lowest BCUT2D eigenvalue weighted by molar-refractivity contribution is 0.122. The number of nitrogens with one attached hydrogen (secondary N) is 1. The predicted octanol–water partition coefficient (Wildman–Crippen LogP) is 2.61. The van der Waals surface area contributed by atoms with Crippen LogP contribution in [-0.4, -0.2) is 46.1 Å². The van der Waals surface area contributed by atoms with Crippen LogP contribution in [0.15, 0.2) is 24.3 Å². The minimum Gasteiger partial charge on any atom is -0.383 e. The molecule has 0 aromatic heterocycles. The Morgan fingerprint density at radius 1 is 1.20 bits per heavy atom. The zero-order valence-corrected chi connectivity index (χ0v) is 12.8. The van der Waals surface area contributed by atoms with Crippen LogP contribution in [-0.2, 0) is 9.47 Å². The van der Waals surface area contributed by atoms with Gasteiger partial charge in [0, 0.05) is 31.6 Å². The Bertz CT molecular complexity index is 386. The van der Waals surface area contributed by atoms with Crippen molar-refractivity contribution in [2.75, 3.05) is 50.2 Å². The number of rotatable bonds is 6. The number of hydrogen-bond donors (Lipinski definition) is 1. The largest absolute Gasteiger partial charge is 0.383 e. The normalized spacial score (nSPS) is 17.3. The van der Waals surface area contributed by atoms with Gasteiger partial charge in [0.05, 0.1) is 25.9 Å². The molecule has 1 aliphatic heterocycles. The Morgan fingerprint density at radius 2 is 1.85 bits per heavy atom. The SMILES string of the molecule is COCC(Nc1ccc(N2CCOCC2)cc1)C(C)C. The van der Waals surface area contributed by atoms with Crippen molar-refractivity contribution in [3.8, 4) is 0 Å². The lowest BCUT2D eigenvalue weighted by atomic mass is 10.0. The van der Waals surface area contributed by atoms with Gasteiger partial charge in [-0.05, 0) is 30.2 Å². The lowest BCUT2D eigenvalue weighted by Gasteiger charge is -2.29. The number of methoxy groups -OCH3 is 1. The molecule has 4 nitrogen and oxygen atoms in total. The van der Waals surface area contributed by atoms with Gasteiger partial charge in [0.1, 0.15) is 0 Å². The van der Waals surface area contributed by atoms with Gasteiger partial charge >= 0.3 is 0 Å². The quantitative estimate of drug-likeness (QED) is 0.867. The Kier molecular flexibility index (Phi) is 5.68. The van der Waals surface area contributed by atoms with Crippen molar-refractivity contribution < 1.29 is 9.47 Å². The Balaban J connectivity index is 1.96. The average Bonchev–Trinajstić information content (AvgIpc) is 2.48. The summed E-state index contributed by atoms with van der Waals surface area (Å²) >= 11 is 0. The molecule has 0 bridgehead atoms. The summed E-state index contributed by atoms with van der Waals surface area (Å²) in [7, 11) is 1.75. The molecule has 1 aromatic carbocycles. The molecule has 4 heteroatoms. The second-order valence-electron chi connectivity index (χ2n) is 5.60. The molecule has 1 fully saturated rings. The second-order valence-corrected chi connectivity index (χ2v) is 5.60. The molecule has 0 aliphatic carbocycles. The second kappa shape index (κ2) is 7.50. The van der Waals surface area contributed by atoms with Crippen molar-refractivity contribution >= 4 is 11.4 Å². The van der Waals surface area contributed by atoms with Crippen LogP contribution >= 0.6 is 0 Å². The van der Waals surface area contributed by atoms with Crippen LogP contribution in [0, 0.1) is 5.92 Å². The molecule has 1 heterocycles. The maximum Gasteiger partial charge on any atom is 0.0666 e. The zero-order chi connectivity index (χ0) is 14.4. The summed E-state index contributed by atoms with van der Waals surface area (Å²) in [6.07, 6.45) is 0. The first-order valence-corrected chi connectivity index (χ1v) is 7.39. The summed E-state index contributed by atoms with van der Waals surface area (Å²) in [5.74, 6) is 0.536. The monoisotopic (exact) mass is 278 g/mol. The minimum absolute atomic E-state index is 0.342. The number of ether oxygens (including phenoxy) is 2. The lowest BCUT2D eigenvalue weighted by Crippen LogP contribution is -2.36. The average molecular weight is 278 g/mol. The summed E-state index contributed by atoms with van der Waals surface area (Å²) in [6.45, 7) is 8.74. The van der Waals surface area contributed by atoms with Gasteiger partial charge in [-0.15, -0.1) is 0 Å².